The summed E-state index contributed by atoms with van der Waals surface area (Å²) in [6, 6.07) is 0. The van der Waals surface area contributed by atoms with Crippen molar-refractivity contribution in [3.8, 4) is 0 Å². The van der Waals surface area contributed by atoms with E-state index < -0.39 is 0 Å². The molecule has 0 radical (unpaired) electrons. The van der Waals surface area contributed by atoms with Crippen molar-refractivity contribution in [2.75, 3.05) is 0 Å². The number of hydrogen-bond acceptors (Lipinski definition) is 0. The molecule has 74 valence electrons. The van der Waals surface area contributed by atoms with Gasteiger partial charge in [-0.25, -0.2) is 0 Å². The molecule has 0 fully saturated rings. The van der Waals surface area contributed by atoms with Crippen molar-refractivity contribution >= 4 is 0 Å². The van der Waals surface area contributed by atoms with E-state index in [9.17, 15) is 0 Å². The zero-order valence-corrected chi connectivity index (χ0v) is 9.72. The molecule has 0 aromatic carbocycles. The second-order valence-electron chi connectivity index (χ2n) is 5.02. The van der Waals surface area contributed by atoms with Gasteiger partial charge in [0.25, 0.3) is 0 Å². The van der Waals surface area contributed by atoms with Gasteiger partial charge >= 0.3 is 0 Å². The van der Waals surface area contributed by atoms with E-state index in [1.54, 1.807) is 0 Å². The smallest absolute Gasteiger partial charge is 0.0420 e. The highest BCUT2D eigenvalue weighted by molar-refractivity contribution is 4.62. The average molecular weight is 170 g/mol. The van der Waals surface area contributed by atoms with E-state index in [1.807, 2.05) is 0 Å². The van der Waals surface area contributed by atoms with Gasteiger partial charge in [-0.2, -0.15) is 0 Å². The van der Waals surface area contributed by atoms with Crippen LogP contribution in [0.2, 0.25) is 0 Å². The fourth-order valence-electron chi connectivity index (χ4n) is 1.19. The predicted octanol–water partition coefficient (Wildman–Crippen LogP) is 4.35. The molecule has 0 heteroatoms. The minimum Gasteiger partial charge on any atom is -0.0625 e. The van der Waals surface area contributed by atoms with Crippen LogP contribution in [0.3, 0.4) is 0 Å². The Morgan fingerprint density at radius 3 is 1.00 bits per heavy atom. The molecule has 0 saturated heterocycles. The van der Waals surface area contributed by atoms with Crippen molar-refractivity contribution in [2.45, 2.75) is 54.4 Å². The molecule has 0 rings (SSSR count). The van der Waals surface area contributed by atoms with E-state index in [0.717, 1.165) is 23.7 Å². The van der Waals surface area contributed by atoms with Gasteiger partial charge in [-0.15, -0.1) is 0 Å². The molecular formula is C12H26. The Morgan fingerprint density at radius 2 is 0.833 bits per heavy atom. The summed E-state index contributed by atoms with van der Waals surface area (Å²) < 4.78 is 0. The van der Waals surface area contributed by atoms with Crippen LogP contribution in [0.15, 0.2) is 0 Å². The first-order chi connectivity index (χ1) is 5.45. The van der Waals surface area contributed by atoms with E-state index in [1.165, 1.54) is 12.8 Å². The lowest BCUT2D eigenvalue weighted by Crippen LogP contribution is -2.09. The Kier molecular flexibility index (Phi) is 5.61. The van der Waals surface area contributed by atoms with Crippen LogP contribution in [0.4, 0.5) is 0 Å². The van der Waals surface area contributed by atoms with Gasteiger partial charge in [0.2, 0.25) is 0 Å². The lowest BCUT2D eigenvalue weighted by Gasteiger charge is -2.20. The van der Waals surface area contributed by atoms with Crippen LogP contribution >= 0.6 is 0 Å². The summed E-state index contributed by atoms with van der Waals surface area (Å²) in [5.41, 5.74) is 0. The lowest BCUT2D eigenvalue weighted by molar-refractivity contribution is 0.312. The molecule has 0 spiro atoms. The van der Waals surface area contributed by atoms with Gasteiger partial charge in [0.05, 0.1) is 0 Å². The molecule has 0 N–H and O–H groups in total. The predicted molar refractivity (Wildman–Crippen MR) is 57.2 cm³/mol. The standard InChI is InChI=1S/C12H26/c1-9(2)11(5)7-8-12(6)10(3)4/h9-12H,7-8H2,1-6H3/t11-,12?/m1/s1. The number of rotatable bonds is 5. The maximum Gasteiger partial charge on any atom is -0.0420 e. The molecule has 0 saturated carbocycles. The third kappa shape index (κ3) is 4.79. The van der Waals surface area contributed by atoms with E-state index in [2.05, 4.69) is 41.5 Å². The quantitative estimate of drug-likeness (QED) is 0.575. The molecule has 0 bridgehead atoms. The third-order valence-electron chi connectivity index (χ3n) is 3.35. The summed E-state index contributed by atoms with van der Waals surface area (Å²) in [4.78, 5) is 0. The molecule has 0 aromatic rings. The van der Waals surface area contributed by atoms with Crippen molar-refractivity contribution < 1.29 is 0 Å². The van der Waals surface area contributed by atoms with Gasteiger partial charge in [-0.1, -0.05) is 54.4 Å². The van der Waals surface area contributed by atoms with Crippen LogP contribution in [-0.2, 0) is 0 Å². The van der Waals surface area contributed by atoms with Crippen molar-refractivity contribution in [3.63, 3.8) is 0 Å². The molecule has 0 aliphatic heterocycles. The molecule has 0 nitrogen and oxygen atoms in total. The van der Waals surface area contributed by atoms with E-state index in [-0.39, 0.29) is 0 Å². The second-order valence-corrected chi connectivity index (χ2v) is 5.02. The van der Waals surface area contributed by atoms with Crippen LogP contribution in [0.5, 0.6) is 0 Å². The topological polar surface area (TPSA) is 0 Å². The Hall–Kier alpha value is 0. The van der Waals surface area contributed by atoms with Crippen molar-refractivity contribution in [3.05, 3.63) is 0 Å². The highest BCUT2D eigenvalue weighted by Crippen LogP contribution is 2.22. The highest BCUT2D eigenvalue weighted by atomic mass is 14.2. The summed E-state index contributed by atoms with van der Waals surface area (Å²) in [6.07, 6.45) is 2.80. The van der Waals surface area contributed by atoms with Gasteiger partial charge in [-0.3, -0.25) is 0 Å². The first-order valence-corrected chi connectivity index (χ1v) is 5.45. The molecule has 0 amide bonds. The highest BCUT2D eigenvalue weighted by Gasteiger charge is 2.11. The Bertz CT molecular complexity index is 88.6. The van der Waals surface area contributed by atoms with E-state index in [0.29, 0.717) is 0 Å². The zero-order chi connectivity index (χ0) is 9.72. The fraction of sp³-hybridized carbons (Fsp3) is 1.00. The third-order valence-corrected chi connectivity index (χ3v) is 3.35. The van der Waals surface area contributed by atoms with Gasteiger partial charge in [0, 0.05) is 0 Å². The maximum atomic E-state index is 2.37. The SMILES string of the molecule is CC(C)C(C)CC[C@@H](C)C(C)C. The number of hydrogen-bond donors (Lipinski definition) is 0. The largest absolute Gasteiger partial charge is 0.0625 e. The van der Waals surface area contributed by atoms with E-state index >= 15 is 0 Å². The molecular weight excluding hydrogens is 144 g/mol. The summed E-state index contributed by atoms with van der Waals surface area (Å²) in [5.74, 6) is 3.49. The summed E-state index contributed by atoms with van der Waals surface area (Å²) in [6.45, 7) is 14.0. The van der Waals surface area contributed by atoms with Gasteiger partial charge in [0.15, 0.2) is 0 Å². The van der Waals surface area contributed by atoms with Crippen molar-refractivity contribution in [1.82, 2.24) is 0 Å². The van der Waals surface area contributed by atoms with Crippen LogP contribution in [-0.4, -0.2) is 0 Å². The molecule has 0 aliphatic rings. The second kappa shape index (κ2) is 5.61. The van der Waals surface area contributed by atoms with Crippen molar-refractivity contribution in [1.29, 1.82) is 0 Å². The van der Waals surface area contributed by atoms with Crippen molar-refractivity contribution in [2.24, 2.45) is 23.7 Å². The minimum atomic E-state index is 0.851. The lowest BCUT2D eigenvalue weighted by atomic mass is 9.86. The minimum absolute atomic E-state index is 0.851. The normalized spacial score (nSPS) is 17.0. The Labute approximate surface area is 78.8 Å². The fourth-order valence-corrected chi connectivity index (χ4v) is 1.19. The molecule has 1 unspecified atom stereocenters. The summed E-state index contributed by atoms with van der Waals surface area (Å²) >= 11 is 0. The van der Waals surface area contributed by atoms with Gasteiger partial charge in [0.1, 0.15) is 0 Å². The first-order valence-electron chi connectivity index (χ1n) is 5.45. The summed E-state index contributed by atoms with van der Waals surface area (Å²) in [7, 11) is 0. The van der Waals surface area contributed by atoms with Crippen LogP contribution in [0.25, 0.3) is 0 Å². The average Bonchev–Trinajstić information content (AvgIpc) is 1.98. The van der Waals surface area contributed by atoms with Gasteiger partial charge in [-0.05, 0) is 23.7 Å². The van der Waals surface area contributed by atoms with Gasteiger partial charge < -0.3 is 0 Å². The Balaban J connectivity index is 3.54. The van der Waals surface area contributed by atoms with E-state index in [4.69, 9.17) is 0 Å². The first kappa shape index (κ1) is 12.0. The van der Waals surface area contributed by atoms with Crippen LogP contribution < -0.4 is 0 Å². The molecule has 2 atom stereocenters. The molecule has 12 heavy (non-hydrogen) atoms. The monoisotopic (exact) mass is 170 g/mol. The molecule has 0 aliphatic carbocycles. The molecule has 0 aromatic heterocycles. The molecule has 0 heterocycles. The zero-order valence-electron chi connectivity index (χ0n) is 9.72. The summed E-state index contributed by atoms with van der Waals surface area (Å²) in [5, 5.41) is 0. The van der Waals surface area contributed by atoms with Crippen LogP contribution in [0, 0.1) is 23.7 Å². The maximum absolute atomic E-state index is 2.37. The Morgan fingerprint density at radius 1 is 0.583 bits per heavy atom. The van der Waals surface area contributed by atoms with Crippen LogP contribution in [0.1, 0.15) is 54.4 Å².